The summed E-state index contributed by atoms with van der Waals surface area (Å²) in [6.45, 7) is 0. The van der Waals surface area contributed by atoms with Crippen molar-refractivity contribution < 1.29 is 4.74 Å². The predicted molar refractivity (Wildman–Crippen MR) is 250 cm³/mol. The Morgan fingerprint density at radius 1 is 0.279 bits per heavy atom. The van der Waals surface area contributed by atoms with E-state index < -0.39 is 10.8 Å². The van der Waals surface area contributed by atoms with E-state index in [2.05, 4.69) is 231 Å². The molecular formula is C60H38O. The van der Waals surface area contributed by atoms with E-state index in [0.717, 1.165) is 28.2 Å². The molecule has 13 rings (SSSR count). The van der Waals surface area contributed by atoms with Gasteiger partial charge in [-0.2, -0.15) is 0 Å². The molecule has 1 aliphatic heterocycles. The van der Waals surface area contributed by atoms with Crippen LogP contribution in [0.15, 0.2) is 231 Å². The van der Waals surface area contributed by atoms with Gasteiger partial charge in [0.25, 0.3) is 0 Å². The number of hydrogen-bond donors (Lipinski definition) is 0. The SMILES string of the molecule is c1ccc(C2(c3ccccc3)c3ccccc3Oc3ccc(-c4ccccc4-c4ccc5c(c4)C4(c6ccccc6-5)c5ccccc5-c5ccc6ccccc6c54)cc32)cc1. The molecule has 284 valence electrons. The third-order valence-corrected chi connectivity index (χ3v) is 13.8. The van der Waals surface area contributed by atoms with Crippen LogP contribution in [0.1, 0.15) is 44.5 Å². The average molecular weight is 775 g/mol. The molecule has 1 nitrogen and oxygen atoms in total. The Bertz CT molecular complexity index is 3340. The monoisotopic (exact) mass is 774 g/mol. The van der Waals surface area contributed by atoms with Gasteiger partial charge in [0, 0.05) is 11.1 Å². The summed E-state index contributed by atoms with van der Waals surface area (Å²) in [5.74, 6) is 1.75. The van der Waals surface area contributed by atoms with E-state index >= 15 is 0 Å². The molecule has 0 amide bonds. The van der Waals surface area contributed by atoms with E-state index in [9.17, 15) is 0 Å². The lowest BCUT2D eigenvalue weighted by atomic mass is 9.63. The molecular weight excluding hydrogens is 737 g/mol. The molecule has 0 aromatic heterocycles. The van der Waals surface area contributed by atoms with Gasteiger partial charge in [-0.3, -0.25) is 0 Å². The van der Waals surface area contributed by atoms with Gasteiger partial charge in [-0.25, -0.2) is 0 Å². The van der Waals surface area contributed by atoms with Crippen molar-refractivity contribution in [1.82, 2.24) is 0 Å². The van der Waals surface area contributed by atoms with Gasteiger partial charge < -0.3 is 4.74 Å². The molecule has 0 fully saturated rings. The minimum atomic E-state index is -0.602. The lowest BCUT2D eigenvalue weighted by Gasteiger charge is -2.41. The van der Waals surface area contributed by atoms with Gasteiger partial charge in [0.05, 0.1) is 10.8 Å². The molecule has 1 heterocycles. The zero-order valence-electron chi connectivity index (χ0n) is 33.3. The van der Waals surface area contributed by atoms with Crippen LogP contribution in [-0.4, -0.2) is 0 Å². The van der Waals surface area contributed by atoms with E-state index in [1.807, 2.05) is 0 Å². The van der Waals surface area contributed by atoms with E-state index in [1.165, 1.54) is 83.1 Å². The van der Waals surface area contributed by atoms with Crippen LogP contribution in [0.2, 0.25) is 0 Å². The maximum atomic E-state index is 6.80. The maximum absolute atomic E-state index is 6.80. The molecule has 1 heteroatoms. The van der Waals surface area contributed by atoms with Crippen molar-refractivity contribution in [3.63, 3.8) is 0 Å². The highest BCUT2D eigenvalue weighted by atomic mass is 16.5. The minimum absolute atomic E-state index is 0.467. The van der Waals surface area contributed by atoms with Gasteiger partial charge in [-0.15, -0.1) is 0 Å². The molecule has 0 radical (unpaired) electrons. The van der Waals surface area contributed by atoms with Gasteiger partial charge >= 0.3 is 0 Å². The molecule has 1 spiro atoms. The van der Waals surface area contributed by atoms with E-state index in [1.54, 1.807) is 0 Å². The summed E-state index contributed by atoms with van der Waals surface area (Å²) in [6, 6.07) is 85.2. The second kappa shape index (κ2) is 12.9. The Balaban J connectivity index is 1.05. The van der Waals surface area contributed by atoms with Crippen molar-refractivity contribution in [1.29, 1.82) is 0 Å². The maximum Gasteiger partial charge on any atom is 0.132 e. The van der Waals surface area contributed by atoms with Gasteiger partial charge in [0.15, 0.2) is 0 Å². The van der Waals surface area contributed by atoms with Gasteiger partial charge in [-0.1, -0.05) is 206 Å². The Labute approximate surface area is 355 Å². The highest BCUT2D eigenvalue weighted by Gasteiger charge is 2.52. The van der Waals surface area contributed by atoms with Crippen molar-refractivity contribution in [2.24, 2.45) is 0 Å². The van der Waals surface area contributed by atoms with Gasteiger partial charge in [0.1, 0.15) is 11.5 Å². The molecule has 10 aromatic rings. The van der Waals surface area contributed by atoms with E-state index in [0.29, 0.717) is 0 Å². The molecule has 0 bridgehead atoms. The number of rotatable bonds is 4. The van der Waals surface area contributed by atoms with Crippen LogP contribution >= 0.6 is 0 Å². The second-order valence-corrected chi connectivity index (χ2v) is 16.6. The molecule has 0 saturated heterocycles. The van der Waals surface area contributed by atoms with E-state index in [4.69, 9.17) is 4.74 Å². The Morgan fingerprint density at radius 3 is 1.44 bits per heavy atom. The lowest BCUT2D eigenvalue weighted by Crippen LogP contribution is -2.34. The van der Waals surface area contributed by atoms with Crippen molar-refractivity contribution >= 4 is 10.8 Å². The van der Waals surface area contributed by atoms with Gasteiger partial charge in [-0.05, 0) is 113 Å². The third kappa shape index (κ3) is 4.55. The summed E-state index contributed by atoms with van der Waals surface area (Å²) in [4.78, 5) is 0. The van der Waals surface area contributed by atoms with Crippen LogP contribution in [-0.2, 0) is 10.8 Å². The summed E-state index contributed by atoms with van der Waals surface area (Å²) in [7, 11) is 0. The van der Waals surface area contributed by atoms with E-state index in [-0.39, 0.29) is 0 Å². The van der Waals surface area contributed by atoms with Crippen LogP contribution in [0, 0.1) is 0 Å². The third-order valence-electron chi connectivity index (χ3n) is 13.8. The average Bonchev–Trinajstić information content (AvgIpc) is 3.81. The van der Waals surface area contributed by atoms with Crippen molar-refractivity contribution in [3.8, 4) is 56.0 Å². The number of hydrogen-bond acceptors (Lipinski definition) is 1. The standard InChI is InChI=1S/C60H38O/c1-3-18-42(19-4-1)59(43-20-5-2-6-21-43)53-29-15-16-30-56(53)61-57-36-33-41(38-55(57)59)45-23-10-9-22-44(45)40-32-34-49-47-25-11-13-27-51(47)60(54(49)37-40)52-28-14-12-26-48(52)50-35-31-39-17-7-8-24-46(39)58(50)60/h1-38H. The molecule has 10 aromatic carbocycles. The number of ether oxygens (including phenoxy) is 1. The van der Waals surface area contributed by atoms with Crippen molar-refractivity contribution in [2.45, 2.75) is 10.8 Å². The van der Waals surface area contributed by atoms with Gasteiger partial charge in [0.2, 0.25) is 0 Å². The fourth-order valence-corrected chi connectivity index (χ4v) is 11.4. The quantitative estimate of drug-likeness (QED) is 0.173. The molecule has 1 unspecified atom stereocenters. The van der Waals surface area contributed by atoms with Crippen LogP contribution in [0.4, 0.5) is 0 Å². The summed E-state index contributed by atoms with van der Waals surface area (Å²) in [6.07, 6.45) is 0. The van der Waals surface area contributed by atoms with Crippen LogP contribution in [0.3, 0.4) is 0 Å². The fraction of sp³-hybridized carbons (Fsp3) is 0.0333. The summed E-state index contributed by atoms with van der Waals surface area (Å²) in [5, 5.41) is 2.57. The molecule has 0 N–H and O–H groups in total. The largest absolute Gasteiger partial charge is 0.457 e. The highest BCUT2D eigenvalue weighted by molar-refractivity contribution is 6.04. The van der Waals surface area contributed by atoms with Crippen molar-refractivity contribution in [3.05, 3.63) is 275 Å². The lowest BCUT2D eigenvalue weighted by molar-refractivity contribution is 0.434. The summed E-state index contributed by atoms with van der Waals surface area (Å²) in [5.41, 5.74) is 19.0. The molecule has 3 aliphatic rings. The Morgan fingerprint density at radius 2 is 0.754 bits per heavy atom. The highest BCUT2D eigenvalue weighted by Crippen LogP contribution is 2.64. The minimum Gasteiger partial charge on any atom is -0.457 e. The first-order chi connectivity index (χ1) is 30.3. The zero-order chi connectivity index (χ0) is 40.1. The molecule has 0 saturated carbocycles. The Kier molecular flexibility index (Phi) is 7.21. The molecule has 1 atom stereocenters. The van der Waals surface area contributed by atoms with Crippen LogP contribution in [0.5, 0.6) is 11.5 Å². The van der Waals surface area contributed by atoms with Crippen molar-refractivity contribution in [2.75, 3.05) is 0 Å². The first-order valence-corrected chi connectivity index (χ1v) is 21.3. The number of para-hydroxylation sites is 1. The summed E-state index contributed by atoms with van der Waals surface area (Å²) < 4.78 is 6.80. The second-order valence-electron chi connectivity index (χ2n) is 16.6. The van der Waals surface area contributed by atoms with Crippen LogP contribution in [0.25, 0.3) is 55.3 Å². The number of fused-ring (bicyclic) bond motifs is 14. The fourth-order valence-electron chi connectivity index (χ4n) is 11.4. The number of benzene rings is 10. The zero-order valence-corrected chi connectivity index (χ0v) is 33.3. The molecule has 2 aliphatic carbocycles. The first-order valence-electron chi connectivity index (χ1n) is 21.3. The molecule has 61 heavy (non-hydrogen) atoms. The summed E-state index contributed by atoms with van der Waals surface area (Å²) >= 11 is 0. The Hall–Kier alpha value is -7.74. The normalized spacial score (nSPS) is 15.9. The topological polar surface area (TPSA) is 9.23 Å². The predicted octanol–water partition coefficient (Wildman–Crippen LogP) is 15.0. The first kappa shape index (κ1) is 34.2. The van der Waals surface area contributed by atoms with Crippen LogP contribution < -0.4 is 4.74 Å². The smallest absolute Gasteiger partial charge is 0.132 e.